The van der Waals surface area contributed by atoms with E-state index in [9.17, 15) is 4.79 Å². The molecule has 53 heavy (non-hydrogen) atoms. The number of fused-ring (bicyclic) bond motifs is 8. The summed E-state index contributed by atoms with van der Waals surface area (Å²) in [4.78, 5) is 33.0. The molecule has 0 saturated carbocycles. The number of benzene rings is 4. The lowest BCUT2D eigenvalue weighted by molar-refractivity contribution is -0.175. The highest BCUT2D eigenvalue weighted by Crippen LogP contribution is 2.44. The van der Waals surface area contributed by atoms with Gasteiger partial charge in [-0.25, -0.2) is 9.97 Å². The van der Waals surface area contributed by atoms with Crippen LogP contribution in [0.1, 0.15) is 27.6 Å². The third kappa shape index (κ3) is 5.33. The zero-order valence-corrected chi connectivity index (χ0v) is 29.1. The molecule has 0 fully saturated rings. The molecule has 3 aromatic heterocycles. The van der Waals surface area contributed by atoms with Gasteiger partial charge in [-0.1, -0.05) is 121 Å². The Morgan fingerprint density at radius 3 is 1.23 bits per heavy atom. The Morgan fingerprint density at radius 2 is 0.811 bits per heavy atom. The van der Waals surface area contributed by atoms with Crippen molar-refractivity contribution < 1.29 is 14.3 Å². The highest BCUT2D eigenvalue weighted by Gasteiger charge is 2.51. The largest absolute Gasteiger partial charge is 0.354 e. The molecular formula is C46H34N4O3. The zero-order chi connectivity index (χ0) is 35.9. The van der Waals surface area contributed by atoms with Crippen molar-refractivity contribution in [2.24, 2.45) is 0 Å². The number of hydrogen-bond donors (Lipinski definition) is 2. The molecule has 7 heteroatoms. The van der Waals surface area contributed by atoms with Gasteiger partial charge in [0.1, 0.15) is 11.4 Å². The molecule has 7 aromatic rings. The van der Waals surface area contributed by atoms with E-state index >= 15 is 0 Å². The summed E-state index contributed by atoms with van der Waals surface area (Å²) in [5.41, 5.74) is 12.2. The van der Waals surface area contributed by atoms with E-state index in [0.717, 1.165) is 61.3 Å². The zero-order valence-electron chi connectivity index (χ0n) is 29.1. The molecule has 256 valence electrons. The minimum absolute atomic E-state index is 0.224. The smallest absolute Gasteiger partial charge is 0.280 e. The molecule has 0 aliphatic carbocycles. The maximum Gasteiger partial charge on any atom is 0.280 e. The lowest BCUT2D eigenvalue weighted by Gasteiger charge is -2.25. The van der Waals surface area contributed by atoms with Gasteiger partial charge >= 0.3 is 0 Å². The van der Waals surface area contributed by atoms with Crippen LogP contribution in [0.25, 0.3) is 78.7 Å². The second-order valence-electron chi connectivity index (χ2n) is 12.9. The Labute approximate surface area is 306 Å². The van der Waals surface area contributed by atoms with Gasteiger partial charge in [-0.2, -0.15) is 0 Å². The summed E-state index contributed by atoms with van der Waals surface area (Å²) in [6.07, 6.45) is 4.15. The minimum atomic E-state index is -1.83. The normalized spacial score (nSPS) is 13.4. The van der Waals surface area contributed by atoms with Gasteiger partial charge in [0.25, 0.3) is 5.79 Å². The van der Waals surface area contributed by atoms with Crippen LogP contribution in [0.3, 0.4) is 0 Å². The van der Waals surface area contributed by atoms with Gasteiger partial charge in [-0.15, -0.1) is 0 Å². The fraction of sp³-hybridized carbons (Fsp3) is 0.0652. The maximum atomic E-state index is 15.0. The number of H-pyrrole nitrogens is 2. The number of Topliss-reactive ketones (excluding diaryl/α,β-unsaturated/α-hetero) is 1. The minimum Gasteiger partial charge on any atom is -0.354 e. The van der Waals surface area contributed by atoms with Gasteiger partial charge in [0.05, 0.1) is 11.4 Å². The van der Waals surface area contributed by atoms with Crippen LogP contribution >= 0.6 is 0 Å². The van der Waals surface area contributed by atoms with Gasteiger partial charge in [-0.3, -0.25) is 4.79 Å². The number of methoxy groups -OCH3 is 2. The van der Waals surface area contributed by atoms with Crippen molar-refractivity contribution >= 4 is 40.0 Å². The molecule has 2 aliphatic rings. The molecule has 7 nitrogen and oxygen atoms in total. The quantitative estimate of drug-likeness (QED) is 0.169. The number of hydrogen-bond acceptors (Lipinski definition) is 5. The van der Waals surface area contributed by atoms with Crippen molar-refractivity contribution in [3.8, 4) is 44.5 Å². The first-order valence-corrected chi connectivity index (χ1v) is 17.4. The average molecular weight is 691 g/mol. The number of carbonyl (C=O) groups excluding carboxylic acids is 1. The Kier molecular flexibility index (Phi) is 8.00. The van der Waals surface area contributed by atoms with E-state index in [-0.39, 0.29) is 5.69 Å². The van der Waals surface area contributed by atoms with E-state index in [1.807, 2.05) is 115 Å². The van der Waals surface area contributed by atoms with Crippen molar-refractivity contribution in [1.29, 1.82) is 0 Å². The fourth-order valence-electron chi connectivity index (χ4n) is 7.51. The first-order chi connectivity index (χ1) is 26.1. The van der Waals surface area contributed by atoms with Crippen LogP contribution in [0.15, 0.2) is 146 Å². The highest BCUT2D eigenvalue weighted by atomic mass is 16.7. The van der Waals surface area contributed by atoms with Crippen LogP contribution in [-0.4, -0.2) is 39.9 Å². The molecule has 0 atom stereocenters. The van der Waals surface area contributed by atoms with E-state index < -0.39 is 11.6 Å². The molecule has 9 rings (SSSR count). The number of aromatic amines is 2. The van der Waals surface area contributed by atoms with Crippen molar-refractivity contribution in [1.82, 2.24) is 19.9 Å². The number of ether oxygens (including phenoxy) is 2. The SMILES string of the molecule is COC1(OC)C(=O)c2nc1c(-c1ccccc1)c1ccc([nH]1)c(-c1ccccc1)c1nc(c(-c3ccccc3)c3ccc([nH]3)c2-c2ccccc2)C=C1. The van der Waals surface area contributed by atoms with E-state index in [0.29, 0.717) is 22.3 Å². The van der Waals surface area contributed by atoms with E-state index in [4.69, 9.17) is 19.4 Å². The first kappa shape index (κ1) is 32.3. The summed E-state index contributed by atoms with van der Waals surface area (Å²) in [6.45, 7) is 0. The molecule has 5 heterocycles. The van der Waals surface area contributed by atoms with Gasteiger partial charge in [0.2, 0.25) is 5.78 Å². The van der Waals surface area contributed by atoms with Gasteiger partial charge < -0.3 is 19.4 Å². The molecule has 0 radical (unpaired) electrons. The molecule has 2 aliphatic heterocycles. The van der Waals surface area contributed by atoms with Crippen LogP contribution < -0.4 is 0 Å². The highest BCUT2D eigenvalue weighted by molar-refractivity contribution is 6.11. The van der Waals surface area contributed by atoms with Gasteiger partial charge in [-0.05, 0) is 58.7 Å². The van der Waals surface area contributed by atoms with Crippen LogP contribution in [0.2, 0.25) is 0 Å². The molecule has 8 bridgehead atoms. The Bertz CT molecular complexity index is 2700. The van der Waals surface area contributed by atoms with E-state index in [1.165, 1.54) is 14.2 Å². The third-order valence-corrected chi connectivity index (χ3v) is 9.95. The van der Waals surface area contributed by atoms with Crippen molar-refractivity contribution in [3.05, 3.63) is 168 Å². The van der Waals surface area contributed by atoms with Crippen LogP contribution in [0, 0.1) is 0 Å². The number of nitrogens with one attached hydrogen (secondary N) is 2. The molecule has 4 aromatic carbocycles. The van der Waals surface area contributed by atoms with Gasteiger partial charge in [0, 0.05) is 58.5 Å². The van der Waals surface area contributed by atoms with Crippen LogP contribution in [0.4, 0.5) is 0 Å². The second-order valence-corrected chi connectivity index (χ2v) is 12.9. The number of rotatable bonds is 6. The van der Waals surface area contributed by atoms with E-state index in [1.54, 1.807) is 0 Å². The third-order valence-electron chi connectivity index (χ3n) is 9.95. The predicted octanol–water partition coefficient (Wildman–Crippen LogP) is 10.5. The molecule has 0 unspecified atom stereocenters. The van der Waals surface area contributed by atoms with E-state index in [2.05, 4.69) is 52.5 Å². The predicted molar refractivity (Wildman–Crippen MR) is 212 cm³/mol. The standard InChI is InChI=1S/C46H34N4O3/c1-52-46(53-2)44-42(32-21-13-6-14-22-32)38-28-26-36(49-38)40(30-17-9-4-10-18-30)34-24-23-33(47-34)39(29-15-7-3-8-16-29)35-25-27-37(48-35)41(43(50-44)45(46)51)31-19-11-5-12-20-31/h3-28,48-49H,1-2H3. The van der Waals surface area contributed by atoms with Crippen molar-refractivity contribution in [2.75, 3.05) is 14.2 Å². The Balaban J connectivity index is 1.54. The summed E-state index contributed by atoms with van der Waals surface area (Å²) in [5, 5.41) is 0. The number of ketones is 1. The fourth-order valence-corrected chi connectivity index (χ4v) is 7.51. The van der Waals surface area contributed by atoms with Gasteiger partial charge in [0.15, 0.2) is 0 Å². The summed E-state index contributed by atoms with van der Waals surface area (Å²) in [7, 11) is 2.97. The summed E-state index contributed by atoms with van der Waals surface area (Å²) < 4.78 is 12.2. The first-order valence-electron chi connectivity index (χ1n) is 17.4. The molecule has 0 spiro atoms. The van der Waals surface area contributed by atoms with Crippen LogP contribution in [-0.2, 0) is 15.3 Å². The molecule has 0 saturated heterocycles. The lowest BCUT2D eigenvalue weighted by atomic mass is 9.96. The molecule has 0 amide bonds. The second kappa shape index (κ2) is 13.1. The summed E-state index contributed by atoms with van der Waals surface area (Å²) in [6, 6.07) is 48.3. The number of carbonyl (C=O) groups is 1. The maximum absolute atomic E-state index is 15.0. The topological polar surface area (TPSA) is 92.9 Å². The molecular weight excluding hydrogens is 657 g/mol. The average Bonchev–Trinajstić information content (AvgIpc) is 4.03. The number of nitrogens with zero attached hydrogens (tertiary/aromatic N) is 2. The Morgan fingerprint density at radius 1 is 0.453 bits per heavy atom. The summed E-state index contributed by atoms with van der Waals surface area (Å²) >= 11 is 0. The monoisotopic (exact) mass is 690 g/mol. The lowest BCUT2D eigenvalue weighted by Crippen LogP contribution is -2.37. The number of aromatic nitrogens is 4. The summed E-state index contributed by atoms with van der Waals surface area (Å²) in [5.74, 6) is -2.23. The van der Waals surface area contributed by atoms with Crippen LogP contribution in [0.5, 0.6) is 0 Å². The van der Waals surface area contributed by atoms with Crippen molar-refractivity contribution in [3.63, 3.8) is 0 Å². The van der Waals surface area contributed by atoms with Crippen molar-refractivity contribution in [2.45, 2.75) is 5.79 Å². The molecule has 2 N–H and O–H groups in total. The Hall–Kier alpha value is -6.67.